The van der Waals surface area contributed by atoms with E-state index in [-0.39, 0.29) is 0 Å². The number of aromatic nitrogens is 2. The van der Waals surface area contributed by atoms with Crippen LogP contribution < -0.4 is 5.73 Å². The van der Waals surface area contributed by atoms with Gasteiger partial charge >= 0.3 is 0 Å². The molecule has 1 aromatic carbocycles. The molecule has 20 heavy (non-hydrogen) atoms. The van der Waals surface area contributed by atoms with Crippen LogP contribution in [0.25, 0.3) is 5.69 Å². The van der Waals surface area contributed by atoms with Crippen LogP contribution in [0.4, 0.5) is 0 Å². The number of nitrogens with zero attached hydrogens (tertiary/aromatic N) is 3. The number of likely N-dealkylation sites (tertiary alicyclic amines) is 1. The molecule has 2 heterocycles. The van der Waals surface area contributed by atoms with Crippen molar-refractivity contribution in [2.45, 2.75) is 19.4 Å². The SMILES string of the molecule is NCC1CCCN(Cc2cnn(-c3ccccc3)c2)C1. The van der Waals surface area contributed by atoms with E-state index in [2.05, 4.69) is 28.3 Å². The van der Waals surface area contributed by atoms with E-state index in [4.69, 9.17) is 5.73 Å². The fraction of sp³-hybridized carbons (Fsp3) is 0.438. The van der Waals surface area contributed by atoms with Gasteiger partial charge in [0.1, 0.15) is 0 Å². The minimum Gasteiger partial charge on any atom is -0.330 e. The first-order valence-corrected chi connectivity index (χ1v) is 7.36. The lowest BCUT2D eigenvalue weighted by molar-refractivity contribution is 0.171. The van der Waals surface area contributed by atoms with Gasteiger partial charge in [-0.3, -0.25) is 4.90 Å². The topological polar surface area (TPSA) is 47.1 Å². The second kappa shape index (κ2) is 6.20. The van der Waals surface area contributed by atoms with Gasteiger partial charge in [-0.15, -0.1) is 0 Å². The molecule has 106 valence electrons. The van der Waals surface area contributed by atoms with Crippen LogP contribution in [0.5, 0.6) is 0 Å². The lowest BCUT2D eigenvalue weighted by Crippen LogP contribution is -2.37. The predicted molar refractivity (Wildman–Crippen MR) is 80.6 cm³/mol. The van der Waals surface area contributed by atoms with Crippen molar-refractivity contribution in [3.05, 3.63) is 48.3 Å². The van der Waals surface area contributed by atoms with Crippen LogP contribution >= 0.6 is 0 Å². The van der Waals surface area contributed by atoms with E-state index in [1.165, 1.54) is 24.9 Å². The van der Waals surface area contributed by atoms with Crippen molar-refractivity contribution in [3.63, 3.8) is 0 Å². The molecule has 1 aromatic heterocycles. The molecule has 1 saturated heterocycles. The lowest BCUT2D eigenvalue weighted by atomic mass is 9.98. The Balaban J connectivity index is 1.65. The molecule has 0 radical (unpaired) electrons. The van der Waals surface area contributed by atoms with Gasteiger partial charge in [-0.05, 0) is 44.0 Å². The highest BCUT2D eigenvalue weighted by Gasteiger charge is 2.19. The van der Waals surface area contributed by atoms with Crippen LogP contribution in [-0.2, 0) is 6.54 Å². The molecule has 1 aliphatic rings. The molecule has 0 bridgehead atoms. The average Bonchev–Trinajstić information content (AvgIpc) is 2.97. The first-order valence-electron chi connectivity index (χ1n) is 7.36. The van der Waals surface area contributed by atoms with Crippen LogP contribution in [0.15, 0.2) is 42.7 Å². The predicted octanol–water partition coefficient (Wildman–Crippen LogP) is 2.04. The summed E-state index contributed by atoms with van der Waals surface area (Å²) in [5.74, 6) is 0.660. The number of piperidine rings is 1. The summed E-state index contributed by atoms with van der Waals surface area (Å²) in [5.41, 5.74) is 8.17. The molecule has 1 atom stereocenters. The molecule has 1 unspecified atom stereocenters. The highest BCUT2D eigenvalue weighted by atomic mass is 15.3. The zero-order chi connectivity index (χ0) is 13.8. The smallest absolute Gasteiger partial charge is 0.0645 e. The minimum absolute atomic E-state index is 0.660. The van der Waals surface area contributed by atoms with Gasteiger partial charge in [0, 0.05) is 24.8 Å². The van der Waals surface area contributed by atoms with Crippen molar-refractivity contribution in [1.82, 2.24) is 14.7 Å². The summed E-state index contributed by atoms with van der Waals surface area (Å²) < 4.78 is 1.94. The van der Waals surface area contributed by atoms with E-state index in [1.54, 1.807) is 0 Å². The van der Waals surface area contributed by atoms with E-state index >= 15 is 0 Å². The van der Waals surface area contributed by atoms with Crippen LogP contribution in [0, 0.1) is 5.92 Å². The zero-order valence-electron chi connectivity index (χ0n) is 11.8. The first kappa shape index (κ1) is 13.3. The highest BCUT2D eigenvalue weighted by Crippen LogP contribution is 2.18. The summed E-state index contributed by atoms with van der Waals surface area (Å²) in [7, 11) is 0. The summed E-state index contributed by atoms with van der Waals surface area (Å²) in [5, 5.41) is 4.46. The normalized spacial score (nSPS) is 20.1. The van der Waals surface area contributed by atoms with Gasteiger partial charge in [0.15, 0.2) is 0 Å². The van der Waals surface area contributed by atoms with Crippen molar-refractivity contribution in [2.24, 2.45) is 11.7 Å². The number of rotatable bonds is 4. The van der Waals surface area contributed by atoms with Crippen LogP contribution in [0.3, 0.4) is 0 Å². The quantitative estimate of drug-likeness (QED) is 0.925. The molecule has 0 amide bonds. The van der Waals surface area contributed by atoms with Gasteiger partial charge in [0.25, 0.3) is 0 Å². The maximum absolute atomic E-state index is 5.80. The highest BCUT2D eigenvalue weighted by molar-refractivity contribution is 5.30. The Morgan fingerprint density at radius 3 is 2.90 bits per heavy atom. The van der Waals surface area contributed by atoms with E-state index in [0.717, 1.165) is 25.3 Å². The van der Waals surface area contributed by atoms with Crippen molar-refractivity contribution in [2.75, 3.05) is 19.6 Å². The molecule has 2 N–H and O–H groups in total. The molecular weight excluding hydrogens is 248 g/mol. The Hall–Kier alpha value is -1.65. The third-order valence-corrected chi connectivity index (χ3v) is 4.00. The van der Waals surface area contributed by atoms with Gasteiger partial charge in [0.05, 0.1) is 11.9 Å². The monoisotopic (exact) mass is 270 g/mol. The second-order valence-corrected chi connectivity index (χ2v) is 5.61. The van der Waals surface area contributed by atoms with E-state index in [1.807, 2.05) is 29.1 Å². The van der Waals surface area contributed by atoms with E-state index < -0.39 is 0 Å². The van der Waals surface area contributed by atoms with Gasteiger partial charge in [-0.25, -0.2) is 4.68 Å². The van der Waals surface area contributed by atoms with Gasteiger partial charge in [-0.2, -0.15) is 5.10 Å². The maximum atomic E-state index is 5.80. The maximum Gasteiger partial charge on any atom is 0.0645 e. The third-order valence-electron chi connectivity index (χ3n) is 4.00. The largest absolute Gasteiger partial charge is 0.330 e. The molecule has 4 nitrogen and oxygen atoms in total. The van der Waals surface area contributed by atoms with Crippen molar-refractivity contribution in [1.29, 1.82) is 0 Å². The fourth-order valence-corrected chi connectivity index (χ4v) is 2.91. The summed E-state index contributed by atoms with van der Waals surface area (Å²) >= 11 is 0. The van der Waals surface area contributed by atoms with E-state index in [9.17, 15) is 0 Å². The molecule has 0 aliphatic carbocycles. The van der Waals surface area contributed by atoms with Crippen molar-refractivity contribution in [3.8, 4) is 5.69 Å². The average molecular weight is 270 g/mol. The second-order valence-electron chi connectivity index (χ2n) is 5.61. The van der Waals surface area contributed by atoms with Crippen LogP contribution in [0.1, 0.15) is 18.4 Å². The minimum atomic E-state index is 0.660. The Kier molecular flexibility index (Phi) is 4.14. The zero-order valence-corrected chi connectivity index (χ0v) is 11.8. The summed E-state index contributed by atoms with van der Waals surface area (Å²) in [6.07, 6.45) is 6.63. The van der Waals surface area contributed by atoms with Crippen molar-refractivity contribution < 1.29 is 0 Å². The molecule has 4 heteroatoms. The number of hydrogen-bond acceptors (Lipinski definition) is 3. The number of benzene rings is 1. The Bertz CT molecular complexity index is 534. The van der Waals surface area contributed by atoms with Gasteiger partial charge < -0.3 is 5.73 Å². The molecule has 1 fully saturated rings. The Morgan fingerprint density at radius 1 is 1.25 bits per heavy atom. The Labute approximate surface area is 120 Å². The summed E-state index contributed by atoms with van der Waals surface area (Å²) in [6.45, 7) is 4.07. The van der Waals surface area contributed by atoms with Gasteiger partial charge in [0.2, 0.25) is 0 Å². The first-order chi connectivity index (χ1) is 9.85. The number of nitrogens with two attached hydrogens (primary N) is 1. The van der Waals surface area contributed by atoms with Gasteiger partial charge in [-0.1, -0.05) is 18.2 Å². The molecule has 0 saturated carbocycles. The lowest BCUT2D eigenvalue weighted by Gasteiger charge is -2.31. The summed E-state index contributed by atoms with van der Waals surface area (Å²) in [4.78, 5) is 2.49. The summed E-state index contributed by atoms with van der Waals surface area (Å²) in [6, 6.07) is 10.2. The molecule has 0 spiro atoms. The van der Waals surface area contributed by atoms with Crippen LogP contribution in [-0.4, -0.2) is 34.3 Å². The van der Waals surface area contributed by atoms with Crippen molar-refractivity contribution >= 4 is 0 Å². The molecular formula is C16H22N4. The van der Waals surface area contributed by atoms with Crippen LogP contribution in [0.2, 0.25) is 0 Å². The number of hydrogen-bond donors (Lipinski definition) is 1. The fourth-order valence-electron chi connectivity index (χ4n) is 2.91. The Morgan fingerprint density at radius 2 is 2.10 bits per heavy atom. The molecule has 3 rings (SSSR count). The standard InChI is InChI=1S/C16H22N4/c17-9-14-5-4-8-19(11-14)12-15-10-18-20(13-15)16-6-2-1-3-7-16/h1-3,6-7,10,13-14H,4-5,8-9,11-12,17H2. The molecule has 2 aromatic rings. The third kappa shape index (κ3) is 3.08. The number of para-hydroxylation sites is 1. The van der Waals surface area contributed by atoms with E-state index in [0.29, 0.717) is 5.92 Å². The molecule has 1 aliphatic heterocycles.